The second-order valence-corrected chi connectivity index (χ2v) is 8.26. The summed E-state index contributed by atoms with van der Waals surface area (Å²) in [5, 5.41) is 3.18. The van der Waals surface area contributed by atoms with Crippen molar-refractivity contribution in [2.24, 2.45) is 0 Å². The molecule has 1 aliphatic heterocycles. The van der Waals surface area contributed by atoms with Crippen molar-refractivity contribution in [3.8, 4) is 0 Å². The van der Waals surface area contributed by atoms with E-state index >= 15 is 0 Å². The quantitative estimate of drug-likeness (QED) is 0.867. The second kappa shape index (κ2) is 7.11. The minimum atomic E-state index is -3.17. The predicted octanol–water partition coefficient (Wildman–Crippen LogP) is 1.21. The molecule has 0 amide bonds. The third kappa shape index (κ3) is 4.39. The van der Waals surface area contributed by atoms with Crippen molar-refractivity contribution in [2.75, 3.05) is 37.8 Å². The Hall–Kier alpha value is -1.25. The molecule has 0 unspecified atom stereocenters. The van der Waals surface area contributed by atoms with Crippen LogP contribution in [-0.4, -0.2) is 61.3 Å². The highest BCUT2D eigenvalue weighted by molar-refractivity contribution is 7.88. The normalized spacial score (nSPS) is 24.0. The Morgan fingerprint density at radius 1 is 1.39 bits per heavy atom. The zero-order chi connectivity index (χ0) is 16.3. The van der Waals surface area contributed by atoms with Gasteiger partial charge in [-0.05, 0) is 18.9 Å². The molecule has 2 aliphatic rings. The number of nitrogens with zero attached hydrogens (tertiary/aromatic N) is 3. The minimum absolute atomic E-state index is 0.183. The zero-order valence-corrected chi connectivity index (χ0v) is 14.3. The largest absolute Gasteiger partial charge is 0.374 e. The number of sulfonamides is 1. The van der Waals surface area contributed by atoms with E-state index in [9.17, 15) is 8.42 Å². The highest BCUT2D eigenvalue weighted by Crippen LogP contribution is 2.32. The number of hydrogen-bond acceptors (Lipinski definition) is 6. The van der Waals surface area contributed by atoms with Crippen molar-refractivity contribution in [3.63, 3.8) is 0 Å². The van der Waals surface area contributed by atoms with Crippen LogP contribution in [0.2, 0.25) is 0 Å². The van der Waals surface area contributed by atoms with Crippen LogP contribution in [0.4, 0.5) is 5.95 Å². The van der Waals surface area contributed by atoms with E-state index in [0.717, 1.165) is 5.69 Å². The first-order valence-corrected chi connectivity index (χ1v) is 10.0. The van der Waals surface area contributed by atoms with E-state index < -0.39 is 10.0 Å². The van der Waals surface area contributed by atoms with Gasteiger partial charge in [-0.3, -0.25) is 0 Å². The van der Waals surface area contributed by atoms with E-state index in [4.69, 9.17) is 4.74 Å². The van der Waals surface area contributed by atoms with E-state index in [1.807, 2.05) is 6.07 Å². The molecule has 23 heavy (non-hydrogen) atoms. The van der Waals surface area contributed by atoms with E-state index in [1.54, 1.807) is 6.20 Å². The van der Waals surface area contributed by atoms with Gasteiger partial charge in [-0.25, -0.2) is 18.4 Å². The average molecular weight is 340 g/mol. The highest BCUT2D eigenvalue weighted by Gasteiger charge is 2.26. The number of aromatic nitrogens is 2. The average Bonchev–Trinajstić information content (AvgIpc) is 3.07. The fraction of sp³-hybridized carbons (Fsp3) is 0.733. The third-order valence-corrected chi connectivity index (χ3v) is 5.78. The Morgan fingerprint density at radius 3 is 2.91 bits per heavy atom. The first kappa shape index (κ1) is 16.6. The monoisotopic (exact) mass is 340 g/mol. The molecule has 0 radical (unpaired) electrons. The van der Waals surface area contributed by atoms with Crippen LogP contribution in [0.15, 0.2) is 12.3 Å². The fourth-order valence-corrected chi connectivity index (χ4v) is 4.07. The molecule has 2 heterocycles. The maximum Gasteiger partial charge on any atom is 0.222 e. The van der Waals surface area contributed by atoms with E-state index in [1.165, 1.54) is 36.2 Å². The van der Waals surface area contributed by atoms with Gasteiger partial charge in [0.1, 0.15) is 0 Å². The summed E-state index contributed by atoms with van der Waals surface area (Å²) in [7, 11) is -3.17. The molecule has 8 heteroatoms. The van der Waals surface area contributed by atoms with Crippen LogP contribution in [0.3, 0.4) is 0 Å². The van der Waals surface area contributed by atoms with Gasteiger partial charge in [0, 0.05) is 37.4 Å². The SMILES string of the molecule is CS(=O)(=O)N1CCO[C@@H](CNc2nccc(C3CCCC3)n2)C1. The van der Waals surface area contributed by atoms with E-state index in [-0.39, 0.29) is 6.10 Å². The maximum absolute atomic E-state index is 11.6. The van der Waals surface area contributed by atoms with Crippen molar-refractivity contribution in [2.45, 2.75) is 37.7 Å². The molecule has 7 nitrogen and oxygen atoms in total. The molecule has 0 bridgehead atoms. The van der Waals surface area contributed by atoms with E-state index in [2.05, 4.69) is 15.3 Å². The summed E-state index contributed by atoms with van der Waals surface area (Å²) in [6, 6.07) is 1.99. The molecule has 2 fully saturated rings. The Bertz CT molecular complexity index is 631. The summed E-state index contributed by atoms with van der Waals surface area (Å²) < 4.78 is 30.3. The second-order valence-electron chi connectivity index (χ2n) is 6.28. The molecular weight excluding hydrogens is 316 g/mol. The lowest BCUT2D eigenvalue weighted by Crippen LogP contribution is -2.47. The van der Waals surface area contributed by atoms with Crippen LogP contribution in [0.25, 0.3) is 0 Å². The van der Waals surface area contributed by atoms with Crippen molar-refractivity contribution in [3.05, 3.63) is 18.0 Å². The van der Waals surface area contributed by atoms with Crippen LogP contribution in [0.5, 0.6) is 0 Å². The van der Waals surface area contributed by atoms with Crippen LogP contribution in [0, 0.1) is 0 Å². The fourth-order valence-electron chi connectivity index (χ4n) is 3.23. The topological polar surface area (TPSA) is 84.4 Å². The van der Waals surface area contributed by atoms with Crippen molar-refractivity contribution in [1.82, 2.24) is 14.3 Å². The highest BCUT2D eigenvalue weighted by atomic mass is 32.2. The molecule has 128 valence electrons. The van der Waals surface area contributed by atoms with Gasteiger partial charge in [0.25, 0.3) is 0 Å². The van der Waals surface area contributed by atoms with Gasteiger partial charge in [0.2, 0.25) is 16.0 Å². The van der Waals surface area contributed by atoms with Gasteiger partial charge >= 0.3 is 0 Å². The maximum atomic E-state index is 11.6. The number of hydrogen-bond donors (Lipinski definition) is 1. The Labute approximate surface area is 137 Å². The number of morpholine rings is 1. The Balaban J connectivity index is 1.56. The Morgan fingerprint density at radius 2 is 2.17 bits per heavy atom. The molecule has 1 aliphatic carbocycles. The summed E-state index contributed by atoms with van der Waals surface area (Å²) in [5.74, 6) is 1.14. The summed E-state index contributed by atoms with van der Waals surface area (Å²) in [5.41, 5.74) is 1.10. The number of rotatable bonds is 5. The number of ether oxygens (including phenoxy) is 1. The number of nitrogens with one attached hydrogen (secondary N) is 1. The van der Waals surface area contributed by atoms with Gasteiger partial charge in [-0.1, -0.05) is 12.8 Å². The summed E-state index contributed by atoms with van der Waals surface area (Å²) in [4.78, 5) is 8.85. The van der Waals surface area contributed by atoms with Crippen molar-refractivity contribution in [1.29, 1.82) is 0 Å². The third-order valence-electron chi connectivity index (χ3n) is 4.51. The lowest BCUT2D eigenvalue weighted by atomic mass is 10.0. The van der Waals surface area contributed by atoms with Crippen LogP contribution >= 0.6 is 0 Å². The molecule has 1 N–H and O–H groups in total. The zero-order valence-electron chi connectivity index (χ0n) is 13.4. The lowest BCUT2D eigenvalue weighted by molar-refractivity contribution is 0.00696. The van der Waals surface area contributed by atoms with Crippen molar-refractivity contribution < 1.29 is 13.2 Å². The molecule has 3 rings (SSSR count). The first-order chi connectivity index (χ1) is 11.0. The van der Waals surface area contributed by atoms with Gasteiger partial charge in [0.05, 0.1) is 19.0 Å². The standard InChI is InChI=1S/C15H24N4O3S/c1-23(20,21)19-8-9-22-13(11-19)10-17-15-16-7-6-14(18-15)12-4-2-3-5-12/h6-7,12-13H,2-5,8-11H2,1H3,(H,16,17,18)/t13-/m0/s1. The molecule has 1 saturated heterocycles. The molecule has 0 aromatic carbocycles. The molecule has 1 aromatic heterocycles. The Kier molecular flexibility index (Phi) is 5.13. The first-order valence-electron chi connectivity index (χ1n) is 8.16. The lowest BCUT2D eigenvalue weighted by Gasteiger charge is -2.31. The van der Waals surface area contributed by atoms with Crippen LogP contribution < -0.4 is 5.32 Å². The summed E-state index contributed by atoms with van der Waals surface area (Å²) in [6.45, 7) is 1.71. The molecular formula is C15H24N4O3S. The molecule has 0 spiro atoms. The van der Waals surface area contributed by atoms with Gasteiger partial charge in [-0.15, -0.1) is 0 Å². The summed E-state index contributed by atoms with van der Waals surface area (Å²) >= 11 is 0. The molecule has 1 saturated carbocycles. The smallest absolute Gasteiger partial charge is 0.222 e. The molecule has 1 atom stereocenters. The van der Waals surface area contributed by atoms with Crippen molar-refractivity contribution >= 4 is 16.0 Å². The number of anilines is 1. The summed E-state index contributed by atoms with van der Waals surface area (Å²) in [6.07, 6.45) is 7.78. The molecule has 1 aromatic rings. The minimum Gasteiger partial charge on any atom is -0.374 e. The van der Waals surface area contributed by atoms with Crippen LogP contribution in [-0.2, 0) is 14.8 Å². The van der Waals surface area contributed by atoms with E-state index in [0.29, 0.717) is 38.1 Å². The van der Waals surface area contributed by atoms with Gasteiger partial charge in [0.15, 0.2) is 0 Å². The van der Waals surface area contributed by atoms with Gasteiger partial charge < -0.3 is 10.1 Å². The van der Waals surface area contributed by atoms with Gasteiger partial charge in [-0.2, -0.15) is 4.31 Å². The predicted molar refractivity (Wildman–Crippen MR) is 87.9 cm³/mol. The van der Waals surface area contributed by atoms with Crippen LogP contribution in [0.1, 0.15) is 37.3 Å².